The van der Waals surface area contributed by atoms with E-state index in [2.05, 4.69) is 10.3 Å². The van der Waals surface area contributed by atoms with Gasteiger partial charge in [0.2, 0.25) is 5.91 Å². The molecule has 1 fully saturated rings. The van der Waals surface area contributed by atoms with Gasteiger partial charge in [-0.05, 0) is 40.1 Å². The summed E-state index contributed by atoms with van der Waals surface area (Å²) in [4.78, 5) is 29.2. The Labute approximate surface area is 194 Å². The molecule has 1 atom stereocenters. The van der Waals surface area contributed by atoms with Crippen LogP contribution in [0.4, 0.5) is 0 Å². The van der Waals surface area contributed by atoms with E-state index in [0.29, 0.717) is 55.6 Å². The molecule has 5 rings (SSSR count). The summed E-state index contributed by atoms with van der Waals surface area (Å²) in [7, 11) is 0. The van der Waals surface area contributed by atoms with E-state index in [1.165, 1.54) is 0 Å². The molecule has 0 spiro atoms. The molecular formula is C22H22ClN5O3S. The van der Waals surface area contributed by atoms with Gasteiger partial charge in [0.05, 0.1) is 25.3 Å². The predicted molar refractivity (Wildman–Crippen MR) is 120 cm³/mol. The number of carbonyl (C=O) groups excluding carboxylic acids is 2. The Kier molecular flexibility index (Phi) is 5.95. The minimum Gasteiger partial charge on any atom is -0.365 e. The van der Waals surface area contributed by atoms with Crippen molar-refractivity contribution >= 4 is 34.8 Å². The van der Waals surface area contributed by atoms with Crippen LogP contribution in [0.15, 0.2) is 41.1 Å². The van der Waals surface area contributed by atoms with Crippen LogP contribution in [-0.2, 0) is 29.1 Å². The largest absolute Gasteiger partial charge is 0.365 e. The number of aromatic nitrogens is 3. The number of piperazine rings is 1. The Morgan fingerprint density at radius 2 is 1.84 bits per heavy atom. The van der Waals surface area contributed by atoms with Crippen molar-refractivity contribution in [3.63, 3.8) is 0 Å². The highest BCUT2D eigenvalue weighted by atomic mass is 35.5. The van der Waals surface area contributed by atoms with E-state index < -0.39 is 0 Å². The summed E-state index contributed by atoms with van der Waals surface area (Å²) in [6.07, 6.45) is 0.240. The van der Waals surface area contributed by atoms with Crippen LogP contribution < -0.4 is 0 Å². The van der Waals surface area contributed by atoms with Crippen LogP contribution in [0.3, 0.4) is 0 Å². The number of carbonyl (C=O) groups is 2. The topological polar surface area (TPSA) is 80.6 Å². The molecule has 4 heterocycles. The molecule has 2 aromatic heterocycles. The second-order valence-corrected chi connectivity index (χ2v) is 9.12. The zero-order valence-corrected chi connectivity index (χ0v) is 18.9. The highest BCUT2D eigenvalue weighted by Gasteiger charge is 2.32. The first-order chi connectivity index (χ1) is 15.6. The number of amides is 2. The monoisotopic (exact) mass is 471 g/mol. The molecule has 0 aliphatic carbocycles. The van der Waals surface area contributed by atoms with Crippen molar-refractivity contribution in [3.8, 4) is 0 Å². The minimum absolute atomic E-state index is 0.0955. The molecule has 1 saturated heterocycles. The van der Waals surface area contributed by atoms with Gasteiger partial charge in [-0.1, -0.05) is 28.9 Å². The lowest BCUT2D eigenvalue weighted by molar-refractivity contribution is -0.131. The predicted octanol–water partition coefficient (Wildman–Crippen LogP) is 2.79. The van der Waals surface area contributed by atoms with E-state index in [1.54, 1.807) is 20.9 Å². The number of halogens is 1. The number of benzene rings is 1. The molecule has 0 N–H and O–H groups in total. The average molecular weight is 472 g/mol. The Morgan fingerprint density at radius 1 is 1.09 bits per heavy atom. The van der Waals surface area contributed by atoms with Gasteiger partial charge in [-0.25, -0.2) is 4.68 Å². The van der Waals surface area contributed by atoms with Gasteiger partial charge in [0, 0.05) is 31.2 Å². The first-order valence-electron chi connectivity index (χ1n) is 10.5. The highest BCUT2D eigenvalue weighted by Crippen LogP contribution is 2.28. The zero-order chi connectivity index (χ0) is 22.1. The summed E-state index contributed by atoms with van der Waals surface area (Å²) in [5.41, 5.74) is 3.06. The quantitative estimate of drug-likeness (QED) is 0.584. The molecule has 32 heavy (non-hydrogen) atoms. The summed E-state index contributed by atoms with van der Waals surface area (Å²) in [5, 5.41) is 13.0. The number of fused-ring (bicyclic) bond motifs is 1. The van der Waals surface area contributed by atoms with Gasteiger partial charge in [0.1, 0.15) is 6.10 Å². The second kappa shape index (κ2) is 9.01. The van der Waals surface area contributed by atoms with Crippen molar-refractivity contribution in [1.82, 2.24) is 24.8 Å². The molecule has 1 aromatic carbocycles. The first-order valence-corrected chi connectivity index (χ1v) is 11.8. The number of thiophene rings is 1. The maximum atomic E-state index is 13.1. The third kappa shape index (κ3) is 4.28. The standard InChI is InChI=1S/C22H22ClN5O3S/c23-17-3-1-16(2-4-17)19-12-28-18(13-31-19)21(24-25-28)22(30)27-8-6-26(7-9-27)20(29)11-15-5-10-32-14-15/h1-5,10,14,19H,6-9,11-13H2/t19-/m1/s1. The fourth-order valence-corrected chi connectivity index (χ4v) is 4.84. The van der Waals surface area contributed by atoms with Crippen LogP contribution in [0.1, 0.15) is 33.4 Å². The van der Waals surface area contributed by atoms with Gasteiger partial charge in [-0.15, -0.1) is 5.10 Å². The van der Waals surface area contributed by atoms with E-state index >= 15 is 0 Å². The smallest absolute Gasteiger partial charge is 0.276 e. The van der Waals surface area contributed by atoms with Gasteiger partial charge in [0.25, 0.3) is 5.91 Å². The van der Waals surface area contributed by atoms with Gasteiger partial charge in [-0.2, -0.15) is 11.3 Å². The summed E-state index contributed by atoms with van der Waals surface area (Å²) < 4.78 is 7.75. The van der Waals surface area contributed by atoms with Crippen molar-refractivity contribution in [2.75, 3.05) is 26.2 Å². The molecule has 8 nitrogen and oxygen atoms in total. The first kappa shape index (κ1) is 21.1. The van der Waals surface area contributed by atoms with Gasteiger partial charge < -0.3 is 14.5 Å². The molecule has 166 valence electrons. The van der Waals surface area contributed by atoms with E-state index in [0.717, 1.165) is 11.1 Å². The summed E-state index contributed by atoms with van der Waals surface area (Å²) in [6.45, 7) is 2.76. The van der Waals surface area contributed by atoms with Crippen LogP contribution in [-0.4, -0.2) is 62.8 Å². The van der Waals surface area contributed by atoms with E-state index in [4.69, 9.17) is 16.3 Å². The Morgan fingerprint density at radius 3 is 2.56 bits per heavy atom. The van der Waals surface area contributed by atoms with Crippen molar-refractivity contribution in [2.24, 2.45) is 0 Å². The van der Waals surface area contributed by atoms with E-state index in [1.807, 2.05) is 46.0 Å². The van der Waals surface area contributed by atoms with Crippen LogP contribution in [0.25, 0.3) is 0 Å². The molecule has 10 heteroatoms. The number of hydrogen-bond donors (Lipinski definition) is 0. The molecular weight excluding hydrogens is 450 g/mol. The summed E-state index contributed by atoms with van der Waals surface area (Å²) in [5.74, 6) is -0.0668. The third-order valence-corrected chi connectivity index (χ3v) is 6.88. The maximum Gasteiger partial charge on any atom is 0.276 e. The molecule has 2 aliphatic rings. The summed E-state index contributed by atoms with van der Waals surface area (Å²) >= 11 is 7.56. The second-order valence-electron chi connectivity index (χ2n) is 7.90. The van der Waals surface area contributed by atoms with Crippen molar-refractivity contribution in [1.29, 1.82) is 0 Å². The molecule has 0 radical (unpaired) electrons. The maximum absolute atomic E-state index is 13.1. The summed E-state index contributed by atoms with van der Waals surface area (Å²) in [6, 6.07) is 9.49. The fraction of sp³-hybridized carbons (Fsp3) is 0.364. The molecule has 0 bridgehead atoms. The Bertz CT molecular complexity index is 1110. The Hall–Kier alpha value is -2.75. The van der Waals surface area contributed by atoms with E-state index in [9.17, 15) is 9.59 Å². The molecule has 3 aromatic rings. The molecule has 2 amide bonds. The van der Waals surface area contributed by atoms with Crippen LogP contribution >= 0.6 is 22.9 Å². The van der Waals surface area contributed by atoms with E-state index in [-0.39, 0.29) is 24.5 Å². The van der Waals surface area contributed by atoms with Gasteiger partial charge >= 0.3 is 0 Å². The lowest BCUT2D eigenvalue weighted by Gasteiger charge is -2.34. The molecule has 0 unspecified atom stereocenters. The Balaban J connectivity index is 1.20. The molecule has 0 saturated carbocycles. The average Bonchev–Trinajstić information content (AvgIpc) is 3.48. The van der Waals surface area contributed by atoms with Gasteiger partial charge in [0.15, 0.2) is 5.69 Å². The highest BCUT2D eigenvalue weighted by molar-refractivity contribution is 7.08. The van der Waals surface area contributed by atoms with Gasteiger partial charge in [-0.3, -0.25) is 9.59 Å². The molecule has 2 aliphatic heterocycles. The SMILES string of the molecule is O=C(Cc1ccsc1)N1CCN(C(=O)c2nnn3c2CO[C@@H](c2ccc(Cl)cc2)C3)CC1. The normalized spacial score (nSPS) is 18.5. The van der Waals surface area contributed by atoms with Crippen LogP contribution in [0.2, 0.25) is 5.02 Å². The lowest BCUT2D eigenvalue weighted by Crippen LogP contribution is -2.51. The van der Waals surface area contributed by atoms with Crippen LogP contribution in [0.5, 0.6) is 0 Å². The number of hydrogen-bond acceptors (Lipinski definition) is 6. The fourth-order valence-electron chi connectivity index (χ4n) is 4.05. The lowest BCUT2D eigenvalue weighted by atomic mass is 10.1. The zero-order valence-electron chi connectivity index (χ0n) is 17.3. The van der Waals surface area contributed by atoms with Crippen LogP contribution in [0, 0.1) is 0 Å². The number of ether oxygens (including phenoxy) is 1. The van der Waals surface area contributed by atoms with Crippen molar-refractivity contribution in [3.05, 3.63) is 68.6 Å². The third-order valence-electron chi connectivity index (χ3n) is 5.90. The van der Waals surface area contributed by atoms with Crippen molar-refractivity contribution in [2.45, 2.75) is 25.7 Å². The number of nitrogens with zero attached hydrogens (tertiary/aromatic N) is 5. The number of rotatable bonds is 4. The minimum atomic E-state index is -0.165. The van der Waals surface area contributed by atoms with Crippen molar-refractivity contribution < 1.29 is 14.3 Å².